The second-order valence-electron chi connectivity index (χ2n) is 4.56. The normalized spacial score (nSPS) is 19.1. The van der Waals surface area contributed by atoms with Crippen LogP contribution in [0.3, 0.4) is 0 Å². The lowest BCUT2D eigenvalue weighted by Gasteiger charge is -2.24. The highest BCUT2D eigenvalue weighted by Crippen LogP contribution is 2.30. The van der Waals surface area contributed by atoms with Crippen LogP contribution in [-0.4, -0.2) is 24.2 Å². The second-order valence-corrected chi connectivity index (χ2v) is 4.56. The zero-order valence-electron chi connectivity index (χ0n) is 9.78. The highest BCUT2D eigenvalue weighted by molar-refractivity contribution is 5.78. The average Bonchev–Trinajstić information content (AvgIpc) is 2.28. The van der Waals surface area contributed by atoms with E-state index in [1.807, 2.05) is 0 Å². The van der Waals surface area contributed by atoms with Crippen molar-refractivity contribution in [1.82, 2.24) is 0 Å². The van der Waals surface area contributed by atoms with Gasteiger partial charge in [0.15, 0.2) is 0 Å². The molecule has 1 N–H and O–H groups in total. The quantitative estimate of drug-likeness (QED) is 0.733. The van der Waals surface area contributed by atoms with Crippen molar-refractivity contribution in [3.8, 4) is 0 Å². The molecule has 0 aromatic heterocycles. The molecule has 1 rings (SSSR count). The topological polar surface area (TPSA) is 63.6 Å². The number of carbonyl (C=O) groups is 2. The van der Waals surface area contributed by atoms with Gasteiger partial charge in [0.2, 0.25) is 0 Å². The number of aliphatic carboxylic acids is 1. The van der Waals surface area contributed by atoms with E-state index in [2.05, 4.69) is 4.74 Å². The van der Waals surface area contributed by atoms with Gasteiger partial charge < -0.3 is 9.84 Å². The molecule has 0 heterocycles. The number of carbonyl (C=O) groups excluding carboxylic acids is 1. The Balaban J connectivity index is 2.47. The van der Waals surface area contributed by atoms with Gasteiger partial charge in [-0.05, 0) is 12.3 Å². The van der Waals surface area contributed by atoms with Crippen molar-refractivity contribution >= 4 is 11.9 Å². The Morgan fingerprint density at radius 3 is 2.44 bits per heavy atom. The first-order chi connectivity index (χ1) is 7.63. The van der Waals surface area contributed by atoms with Crippen molar-refractivity contribution in [2.75, 3.05) is 7.11 Å². The van der Waals surface area contributed by atoms with Crippen LogP contribution in [0, 0.1) is 11.8 Å². The van der Waals surface area contributed by atoms with E-state index in [1.54, 1.807) is 0 Å². The van der Waals surface area contributed by atoms with Gasteiger partial charge >= 0.3 is 11.9 Å². The van der Waals surface area contributed by atoms with Crippen LogP contribution in [0.4, 0.5) is 0 Å². The fourth-order valence-corrected chi connectivity index (χ4v) is 2.47. The highest BCUT2D eigenvalue weighted by atomic mass is 16.5. The third-order valence-electron chi connectivity index (χ3n) is 3.30. The van der Waals surface area contributed by atoms with Crippen molar-refractivity contribution in [3.63, 3.8) is 0 Å². The summed E-state index contributed by atoms with van der Waals surface area (Å²) in [5.74, 6) is -1.28. The van der Waals surface area contributed by atoms with E-state index in [0.29, 0.717) is 12.3 Å². The largest absolute Gasteiger partial charge is 0.481 e. The lowest BCUT2D eigenvalue weighted by molar-refractivity contribution is -0.151. The summed E-state index contributed by atoms with van der Waals surface area (Å²) in [6, 6.07) is 0. The van der Waals surface area contributed by atoms with E-state index in [4.69, 9.17) is 5.11 Å². The number of rotatable bonds is 5. The molecule has 1 aliphatic carbocycles. The molecule has 4 nitrogen and oxygen atoms in total. The van der Waals surface area contributed by atoms with Gasteiger partial charge in [-0.3, -0.25) is 9.59 Å². The second kappa shape index (κ2) is 6.51. The molecular weight excluding hydrogens is 208 g/mol. The van der Waals surface area contributed by atoms with E-state index in [0.717, 1.165) is 12.8 Å². The highest BCUT2D eigenvalue weighted by Gasteiger charge is 2.26. The van der Waals surface area contributed by atoms with Gasteiger partial charge in [-0.2, -0.15) is 0 Å². The summed E-state index contributed by atoms with van der Waals surface area (Å²) in [5, 5.41) is 8.75. The van der Waals surface area contributed by atoms with E-state index in [9.17, 15) is 9.59 Å². The van der Waals surface area contributed by atoms with Crippen molar-refractivity contribution in [3.05, 3.63) is 0 Å². The van der Waals surface area contributed by atoms with Gasteiger partial charge in [-0.15, -0.1) is 0 Å². The smallest absolute Gasteiger partial charge is 0.309 e. The molecule has 0 amide bonds. The van der Waals surface area contributed by atoms with Gasteiger partial charge in [0.05, 0.1) is 19.4 Å². The molecule has 4 heteroatoms. The molecule has 1 fully saturated rings. The number of methoxy groups -OCH3 is 1. The van der Waals surface area contributed by atoms with Crippen LogP contribution >= 0.6 is 0 Å². The molecule has 16 heavy (non-hydrogen) atoms. The molecule has 0 bridgehead atoms. The summed E-state index contributed by atoms with van der Waals surface area (Å²) in [7, 11) is 1.32. The molecule has 0 spiro atoms. The van der Waals surface area contributed by atoms with Gasteiger partial charge in [0, 0.05) is 0 Å². The van der Waals surface area contributed by atoms with Crippen LogP contribution in [0.2, 0.25) is 0 Å². The summed E-state index contributed by atoms with van der Waals surface area (Å²) in [6.45, 7) is 0. The Kier molecular flexibility index (Phi) is 5.29. The third kappa shape index (κ3) is 4.21. The Bertz CT molecular complexity index is 243. The van der Waals surface area contributed by atoms with Gasteiger partial charge in [0.1, 0.15) is 0 Å². The van der Waals surface area contributed by atoms with E-state index >= 15 is 0 Å². The minimum absolute atomic E-state index is 0.108. The standard InChI is InChI=1S/C12H20O4/c1-16-12(15)10(8-11(13)14)7-9-5-3-2-4-6-9/h9-10H,2-8H2,1H3,(H,13,14)/t10-/m0/s1. The number of carboxylic acid groups (broad SMARTS) is 1. The summed E-state index contributed by atoms with van der Waals surface area (Å²) < 4.78 is 4.65. The van der Waals surface area contributed by atoms with Gasteiger partial charge in [0.25, 0.3) is 0 Å². The SMILES string of the molecule is COC(=O)[C@H](CC(=O)O)CC1CCCCC1. The van der Waals surface area contributed by atoms with E-state index in [1.165, 1.54) is 26.4 Å². The minimum Gasteiger partial charge on any atom is -0.481 e. The Hall–Kier alpha value is -1.06. The Morgan fingerprint density at radius 2 is 1.94 bits per heavy atom. The number of hydrogen-bond donors (Lipinski definition) is 1. The van der Waals surface area contributed by atoms with Crippen molar-refractivity contribution in [2.24, 2.45) is 11.8 Å². The molecule has 1 aliphatic rings. The first-order valence-electron chi connectivity index (χ1n) is 5.93. The van der Waals surface area contributed by atoms with Crippen LogP contribution in [-0.2, 0) is 14.3 Å². The Morgan fingerprint density at radius 1 is 1.31 bits per heavy atom. The predicted octanol–water partition coefficient (Wildman–Crippen LogP) is 2.22. The number of ether oxygens (including phenoxy) is 1. The van der Waals surface area contributed by atoms with Crippen molar-refractivity contribution < 1.29 is 19.4 Å². The molecule has 0 aliphatic heterocycles. The summed E-state index contributed by atoms with van der Waals surface area (Å²) in [6.07, 6.45) is 6.46. The molecule has 0 radical (unpaired) electrons. The lowest BCUT2D eigenvalue weighted by Crippen LogP contribution is -2.23. The Labute approximate surface area is 96.0 Å². The maximum atomic E-state index is 11.4. The molecule has 0 aromatic carbocycles. The molecule has 1 atom stereocenters. The fraction of sp³-hybridized carbons (Fsp3) is 0.833. The number of carboxylic acids is 1. The monoisotopic (exact) mass is 228 g/mol. The van der Waals surface area contributed by atoms with Crippen LogP contribution in [0.5, 0.6) is 0 Å². The van der Waals surface area contributed by atoms with Gasteiger partial charge in [-0.25, -0.2) is 0 Å². The van der Waals surface area contributed by atoms with E-state index in [-0.39, 0.29) is 12.4 Å². The molecule has 92 valence electrons. The maximum absolute atomic E-state index is 11.4. The zero-order valence-corrected chi connectivity index (χ0v) is 9.78. The first-order valence-corrected chi connectivity index (χ1v) is 5.93. The third-order valence-corrected chi connectivity index (χ3v) is 3.30. The van der Waals surface area contributed by atoms with E-state index < -0.39 is 11.9 Å². The predicted molar refractivity (Wildman–Crippen MR) is 59.0 cm³/mol. The van der Waals surface area contributed by atoms with Crippen LogP contribution in [0.15, 0.2) is 0 Å². The van der Waals surface area contributed by atoms with Gasteiger partial charge in [-0.1, -0.05) is 32.1 Å². The number of esters is 1. The molecule has 0 aromatic rings. The zero-order chi connectivity index (χ0) is 12.0. The average molecular weight is 228 g/mol. The maximum Gasteiger partial charge on any atom is 0.309 e. The minimum atomic E-state index is -0.925. The summed E-state index contributed by atoms with van der Waals surface area (Å²) >= 11 is 0. The molecular formula is C12H20O4. The number of hydrogen-bond acceptors (Lipinski definition) is 3. The summed E-state index contributed by atoms with van der Waals surface area (Å²) in [4.78, 5) is 22.1. The van der Waals surface area contributed by atoms with Crippen LogP contribution in [0.25, 0.3) is 0 Å². The molecule has 0 unspecified atom stereocenters. The van der Waals surface area contributed by atoms with Crippen LogP contribution < -0.4 is 0 Å². The fourth-order valence-electron chi connectivity index (χ4n) is 2.47. The molecule has 0 saturated heterocycles. The van der Waals surface area contributed by atoms with Crippen molar-refractivity contribution in [2.45, 2.75) is 44.9 Å². The summed E-state index contributed by atoms with van der Waals surface area (Å²) in [5.41, 5.74) is 0. The van der Waals surface area contributed by atoms with Crippen molar-refractivity contribution in [1.29, 1.82) is 0 Å². The first kappa shape index (κ1) is 13.0. The van der Waals surface area contributed by atoms with Crippen LogP contribution in [0.1, 0.15) is 44.9 Å². The lowest BCUT2D eigenvalue weighted by atomic mass is 9.82. The molecule has 1 saturated carbocycles.